The van der Waals surface area contributed by atoms with Gasteiger partial charge in [-0.05, 0) is 40.5 Å². The summed E-state index contributed by atoms with van der Waals surface area (Å²) in [6, 6.07) is 15.9. The zero-order chi connectivity index (χ0) is 23.7. The van der Waals surface area contributed by atoms with Gasteiger partial charge in [0.15, 0.2) is 0 Å². The van der Waals surface area contributed by atoms with Crippen LogP contribution in [-0.2, 0) is 0 Å². The summed E-state index contributed by atoms with van der Waals surface area (Å²) >= 11 is 0. The quantitative estimate of drug-likeness (QED) is 0.480. The molecule has 6 heteroatoms. The molecule has 0 spiro atoms. The first-order valence-corrected chi connectivity index (χ1v) is 10.9. The summed E-state index contributed by atoms with van der Waals surface area (Å²) < 4.78 is 34.0. The zero-order valence-corrected chi connectivity index (χ0v) is 19.6. The van der Waals surface area contributed by atoms with Gasteiger partial charge in [0, 0.05) is 24.3 Å². The molecular formula is C28H26O6. The van der Waals surface area contributed by atoms with Crippen molar-refractivity contribution in [3.8, 4) is 34.5 Å². The topological polar surface area (TPSA) is 55.4 Å². The van der Waals surface area contributed by atoms with Crippen LogP contribution in [-0.4, -0.2) is 41.7 Å². The second-order valence-electron chi connectivity index (χ2n) is 7.98. The molecule has 0 saturated heterocycles. The molecular weight excluding hydrogens is 432 g/mol. The van der Waals surface area contributed by atoms with Crippen molar-refractivity contribution in [3.05, 3.63) is 70.8 Å². The smallest absolute Gasteiger partial charge is 0.134 e. The van der Waals surface area contributed by atoms with Crippen LogP contribution in [0, 0.1) is 0 Å². The average Bonchev–Trinajstić information content (AvgIpc) is 2.91. The second kappa shape index (κ2) is 9.06. The van der Waals surface area contributed by atoms with Crippen LogP contribution in [0.25, 0.3) is 23.3 Å². The third-order valence-electron chi connectivity index (χ3n) is 6.07. The molecule has 0 atom stereocenters. The Morgan fingerprint density at radius 1 is 0.588 bits per heavy atom. The van der Waals surface area contributed by atoms with Gasteiger partial charge in [-0.25, -0.2) is 0 Å². The first kappa shape index (κ1) is 21.8. The fraction of sp³-hybridized carbons (Fsp3) is 0.214. The Hall–Kier alpha value is -4.06. The fourth-order valence-electron chi connectivity index (χ4n) is 4.25. The molecule has 6 nitrogen and oxygen atoms in total. The minimum absolute atomic E-state index is 0.457. The molecule has 0 saturated carbocycles. The van der Waals surface area contributed by atoms with E-state index >= 15 is 0 Å². The third-order valence-corrected chi connectivity index (χ3v) is 6.07. The Morgan fingerprint density at radius 3 is 1.47 bits per heavy atom. The van der Waals surface area contributed by atoms with Gasteiger partial charge in [0.2, 0.25) is 0 Å². The van der Waals surface area contributed by atoms with E-state index in [4.69, 9.17) is 28.4 Å². The zero-order valence-electron chi connectivity index (χ0n) is 19.6. The SMILES string of the molecule is COc1cc(OC)c2c(c1)OCC(c1cccc(C3=Cc4c(OC)cc(OC)cc4OC3)c1)=C2. The minimum atomic E-state index is 0.457. The van der Waals surface area contributed by atoms with Gasteiger partial charge in [0.1, 0.15) is 47.7 Å². The molecule has 0 radical (unpaired) electrons. The van der Waals surface area contributed by atoms with Crippen molar-refractivity contribution in [1.82, 2.24) is 0 Å². The van der Waals surface area contributed by atoms with Crippen LogP contribution in [0.15, 0.2) is 48.5 Å². The van der Waals surface area contributed by atoms with E-state index < -0.39 is 0 Å². The Balaban J connectivity index is 1.51. The Bertz CT molecular complexity index is 1210. The predicted octanol–water partition coefficient (Wildman–Crippen LogP) is 5.59. The Kier molecular flexibility index (Phi) is 5.80. The first-order chi connectivity index (χ1) is 16.6. The number of ether oxygens (including phenoxy) is 6. The van der Waals surface area contributed by atoms with E-state index in [1.54, 1.807) is 28.4 Å². The summed E-state index contributed by atoms with van der Waals surface area (Å²) in [5.41, 5.74) is 6.10. The van der Waals surface area contributed by atoms with E-state index in [1.165, 1.54) is 0 Å². The van der Waals surface area contributed by atoms with E-state index in [-0.39, 0.29) is 0 Å². The molecule has 5 rings (SSSR count). The number of fused-ring (bicyclic) bond motifs is 2. The van der Waals surface area contributed by atoms with Crippen LogP contribution in [0.3, 0.4) is 0 Å². The lowest BCUT2D eigenvalue weighted by Gasteiger charge is -2.23. The van der Waals surface area contributed by atoms with Gasteiger partial charge in [-0.1, -0.05) is 18.2 Å². The molecule has 3 aromatic rings. The largest absolute Gasteiger partial charge is 0.496 e. The molecule has 0 N–H and O–H groups in total. The highest BCUT2D eigenvalue weighted by molar-refractivity contribution is 5.91. The van der Waals surface area contributed by atoms with Crippen LogP contribution < -0.4 is 28.4 Å². The lowest BCUT2D eigenvalue weighted by atomic mass is 9.95. The normalized spacial score (nSPS) is 13.9. The maximum atomic E-state index is 6.06. The van der Waals surface area contributed by atoms with Gasteiger partial charge in [-0.3, -0.25) is 0 Å². The van der Waals surface area contributed by atoms with Crippen molar-refractivity contribution in [2.45, 2.75) is 0 Å². The van der Waals surface area contributed by atoms with Crippen molar-refractivity contribution in [2.24, 2.45) is 0 Å². The van der Waals surface area contributed by atoms with E-state index in [0.29, 0.717) is 36.2 Å². The fourth-order valence-corrected chi connectivity index (χ4v) is 4.25. The molecule has 0 aliphatic carbocycles. The second-order valence-corrected chi connectivity index (χ2v) is 7.98. The van der Waals surface area contributed by atoms with Crippen molar-refractivity contribution in [2.75, 3.05) is 41.7 Å². The van der Waals surface area contributed by atoms with Crippen LogP contribution in [0.5, 0.6) is 34.5 Å². The van der Waals surface area contributed by atoms with Crippen molar-refractivity contribution < 1.29 is 28.4 Å². The van der Waals surface area contributed by atoms with Gasteiger partial charge < -0.3 is 28.4 Å². The predicted molar refractivity (Wildman–Crippen MR) is 132 cm³/mol. The van der Waals surface area contributed by atoms with Crippen molar-refractivity contribution >= 4 is 23.3 Å². The molecule has 0 fully saturated rings. The third kappa shape index (κ3) is 3.92. The summed E-state index contributed by atoms with van der Waals surface area (Å²) in [7, 11) is 6.56. The van der Waals surface area contributed by atoms with Gasteiger partial charge in [0.25, 0.3) is 0 Å². The van der Waals surface area contributed by atoms with Crippen LogP contribution in [0.2, 0.25) is 0 Å². The lowest BCUT2D eigenvalue weighted by molar-refractivity contribution is 0.348. The highest BCUT2D eigenvalue weighted by atomic mass is 16.5. The maximum absolute atomic E-state index is 6.06. The molecule has 2 heterocycles. The highest BCUT2D eigenvalue weighted by Gasteiger charge is 2.21. The molecule has 2 aliphatic heterocycles. The Labute approximate surface area is 198 Å². The number of hydrogen-bond acceptors (Lipinski definition) is 6. The summed E-state index contributed by atoms with van der Waals surface area (Å²) in [6.07, 6.45) is 4.24. The van der Waals surface area contributed by atoms with E-state index in [2.05, 4.69) is 30.4 Å². The van der Waals surface area contributed by atoms with Gasteiger partial charge in [-0.2, -0.15) is 0 Å². The van der Waals surface area contributed by atoms with E-state index in [0.717, 1.165) is 44.9 Å². The number of hydrogen-bond donors (Lipinski definition) is 0. The lowest BCUT2D eigenvalue weighted by Crippen LogP contribution is -2.10. The molecule has 0 unspecified atom stereocenters. The summed E-state index contributed by atoms with van der Waals surface area (Å²) in [4.78, 5) is 0. The molecule has 3 aromatic carbocycles. The monoisotopic (exact) mass is 458 g/mol. The number of benzene rings is 3. The van der Waals surface area contributed by atoms with Crippen LogP contribution >= 0.6 is 0 Å². The van der Waals surface area contributed by atoms with Crippen molar-refractivity contribution in [1.29, 1.82) is 0 Å². The molecule has 174 valence electrons. The highest BCUT2D eigenvalue weighted by Crippen LogP contribution is 2.42. The maximum Gasteiger partial charge on any atom is 0.134 e. The van der Waals surface area contributed by atoms with Crippen LogP contribution in [0.1, 0.15) is 22.3 Å². The summed E-state index contributed by atoms with van der Waals surface area (Å²) in [5.74, 6) is 4.33. The average molecular weight is 459 g/mol. The number of methoxy groups -OCH3 is 4. The minimum Gasteiger partial charge on any atom is -0.496 e. The van der Waals surface area contributed by atoms with E-state index in [9.17, 15) is 0 Å². The van der Waals surface area contributed by atoms with Gasteiger partial charge in [0.05, 0.1) is 39.6 Å². The van der Waals surface area contributed by atoms with Gasteiger partial charge >= 0.3 is 0 Å². The van der Waals surface area contributed by atoms with Crippen molar-refractivity contribution in [3.63, 3.8) is 0 Å². The first-order valence-electron chi connectivity index (χ1n) is 10.9. The molecule has 34 heavy (non-hydrogen) atoms. The van der Waals surface area contributed by atoms with Gasteiger partial charge in [-0.15, -0.1) is 0 Å². The molecule has 0 aromatic heterocycles. The Morgan fingerprint density at radius 2 is 1.06 bits per heavy atom. The molecule has 0 bridgehead atoms. The number of rotatable bonds is 6. The van der Waals surface area contributed by atoms with Crippen LogP contribution in [0.4, 0.5) is 0 Å². The molecule has 2 aliphatic rings. The summed E-state index contributed by atoms with van der Waals surface area (Å²) in [6.45, 7) is 0.914. The van der Waals surface area contributed by atoms with E-state index in [1.807, 2.05) is 30.3 Å². The summed E-state index contributed by atoms with van der Waals surface area (Å²) in [5, 5.41) is 0. The molecule has 0 amide bonds. The standard InChI is InChI=1S/C28H26O6/c1-29-21-11-25(31-3)23-9-19(15-33-27(23)13-21)17-6-5-7-18(8-17)20-10-24-26(32-4)12-22(30-2)14-28(24)34-16-20/h5-14H,15-16H2,1-4H3.